The number of rotatable bonds is 7. The number of ether oxygens (including phenoxy) is 1. The van der Waals surface area contributed by atoms with Crippen LogP contribution in [-0.4, -0.2) is 51.9 Å². The number of nitrogens with zero attached hydrogens (tertiary/aromatic N) is 4. The average Bonchev–Trinajstić information content (AvgIpc) is 3.54. The highest BCUT2D eigenvalue weighted by Crippen LogP contribution is 2.28. The summed E-state index contributed by atoms with van der Waals surface area (Å²) in [5.41, 5.74) is 3.11. The van der Waals surface area contributed by atoms with Crippen LogP contribution < -0.4 is 10.1 Å². The molecule has 1 aliphatic rings. The maximum absolute atomic E-state index is 13.7. The molecule has 37 heavy (non-hydrogen) atoms. The molecule has 0 bridgehead atoms. The Hall–Kier alpha value is -4.40. The molecule has 2 aromatic heterocycles. The third-order valence-corrected chi connectivity index (χ3v) is 6.58. The normalized spacial score (nSPS) is 13.9. The number of benzene rings is 2. The minimum Gasteiger partial charge on any atom is -0.497 e. The molecule has 1 saturated heterocycles. The number of nitrogens with one attached hydrogen (secondary N) is 1. The first-order valence-corrected chi connectivity index (χ1v) is 12.3. The third kappa shape index (κ3) is 5.55. The fourth-order valence-electron chi connectivity index (χ4n) is 4.56. The van der Waals surface area contributed by atoms with Gasteiger partial charge in [-0.15, -0.1) is 0 Å². The standard InChI is InChI=1S/C28H29N5O4/c1-19-16-25(31-37-19)29-27(34)22-12-14-32(15-13-22)28(35)24-18-33(17-20-6-4-3-5-7-20)30-26(24)21-8-10-23(36-2)11-9-21/h3-11,16,18,22H,12-15,17H2,1-2H3,(H,29,31,34). The van der Waals surface area contributed by atoms with Crippen LogP contribution in [0.15, 0.2) is 71.4 Å². The summed E-state index contributed by atoms with van der Waals surface area (Å²) in [6.45, 7) is 3.30. The zero-order valence-corrected chi connectivity index (χ0v) is 20.9. The molecule has 0 aliphatic carbocycles. The van der Waals surface area contributed by atoms with Gasteiger partial charge in [-0.1, -0.05) is 35.5 Å². The van der Waals surface area contributed by atoms with E-state index in [1.54, 1.807) is 25.0 Å². The first-order valence-electron chi connectivity index (χ1n) is 12.3. The molecular formula is C28H29N5O4. The molecule has 1 fully saturated rings. The van der Waals surface area contributed by atoms with E-state index < -0.39 is 0 Å². The first kappa shape index (κ1) is 24.3. The van der Waals surface area contributed by atoms with E-state index in [1.807, 2.05) is 65.5 Å². The second kappa shape index (κ2) is 10.7. The van der Waals surface area contributed by atoms with E-state index in [9.17, 15) is 9.59 Å². The zero-order valence-electron chi connectivity index (χ0n) is 20.9. The van der Waals surface area contributed by atoms with Crippen molar-refractivity contribution in [2.75, 3.05) is 25.5 Å². The van der Waals surface area contributed by atoms with Crippen LogP contribution in [0, 0.1) is 12.8 Å². The Balaban J connectivity index is 1.32. The number of amides is 2. The molecular weight excluding hydrogens is 470 g/mol. The van der Waals surface area contributed by atoms with Crippen molar-refractivity contribution in [2.45, 2.75) is 26.3 Å². The molecule has 0 atom stereocenters. The Morgan fingerprint density at radius 2 is 1.81 bits per heavy atom. The summed E-state index contributed by atoms with van der Waals surface area (Å²) in [7, 11) is 1.62. The molecule has 0 radical (unpaired) electrons. The van der Waals surface area contributed by atoms with Crippen LogP contribution in [0.4, 0.5) is 5.82 Å². The number of aryl methyl sites for hydroxylation is 1. The van der Waals surface area contributed by atoms with Gasteiger partial charge in [0.2, 0.25) is 5.91 Å². The van der Waals surface area contributed by atoms with Crippen molar-refractivity contribution >= 4 is 17.6 Å². The molecule has 5 rings (SSSR count). The molecule has 9 nitrogen and oxygen atoms in total. The van der Waals surface area contributed by atoms with Crippen molar-refractivity contribution in [3.63, 3.8) is 0 Å². The lowest BCUT2D eigenvalue weighted by atomic mass is 9.95. The van der Waals surface area contributed by atoms with E-state index in [0.717, 1.165) is 16.9 Å². The maximum atomic E-state index is 13.7. The van der Waals surface area contributed by atoms with Gasteiger partial charge >= 0.3 is 0 Å². The number of methoxy groups -OCH3 is 1. The number of carbonyl (C=O) groups is 2. The van der Waals surface area contributed by atoms with Gasteiger partial charge in [-0.25, -0.2) is 0 Å². The summed E-state index contributed by atoms with van der Waals surface area (Å²) >= 11 is 0. The lowest BCUT2D eigenvalue weighted by Crippen LogP contribution is -2.41. The van der Waals surface area contributed by atoms with Gasteiger partial charge in [0.15, 0.2) is 5.82 Å². The Kier molecular flexibility index (Phi) is 7.02. The summed E-state index contributed by atoms with van der Waals surface area (Å²) in [4.78, 5) is 28.2. The van der Waals surface area contributed by atoms with Gasteiger partial charge in [-0.05, 0) is 49.6 Å². The van der Waals surface area contributed by atoms with E-state index in [2.05, 4.69) is 10.5 Å². The summed E-state index contributed by atoms with van der Waals surface area (Å²) in [5.74, 6) is 1.41. The number of carbonyl (C=O) groups excluding carboxylic acids is 2. The highest BCUT2D eigenvalue weighted by atomic mass is 16.5. The number of hydrogen-bond acceptors (Lipinski definition) is 6. The van der Waals surface area contributed by atoms with Crippen molar-refractivity contribution in [3.05, 3.63) is 83.7 Å². The third-order valence-electron chi connectivity index (χ3n) is 6.58. The predicted octanol–water partition coefficient (Wildman–Crippen LogP) is 4.39. The number of aromatic nitrogens is 3. The molecule has 2 aromatic carbocycles. The molecule has 0 spiro atoms. The summed E-state index contributed by atoms with van der Waals surface area (Å²) in [5, 5.41) is 11.4. The van der Waals surface area contributed by atoms with Crippen LogP contribution >= 0.6 is 0 Å². The van der Waals surface area contributed by atoms with Gasteiger partial charge in [-0.2, -0.15) is 5.10 Å². The largest absolute Gasteiger partial charge is 0.497 e. The van der Waals surface area contributed by atoms with Crippen molar-refractivity contribution < 1.29 is 18.8 Å². The van der Waals surface area contributed by atoms with Crippen molar-refractivity contribution in [1.82, 2.24) is 19.8 Å². The Morgan fingerprint density at radius 1 is 1.08 bits per heavy atom. The van der Waals surface area contributed by atoms with Crippen molar-refractivity contribution in [1.29, 1.82) is 0 Å². The topological polar surface area (TPSA) is 102 Å². The minimum absolute atomic E-state index is 0.0869. The smallest absolute Gasteiger partial charge is 0.257 e. The van der Waals surface area contributed by atoms with Crippen LogP contribution in [0.25, 0.3) is 11.3 Å². The van der Waals surface area contributed by atoms with Crippen LogP contribution in [0.3, 0.4) is 0 Å². The fourth-order valence-corrected chi connectivity index (χ4v) is 4.56. The lowest BCUT2D eigenvalue weighted by molar-refractivity contribution is -0.121. The van der Waals surface area contributed by atoms with E-state index in [1.165, 1.54) is 0 Å². The van der Waals surface area contributed by atoms with Gasteiger partial charge in [0, 0.05) is 36.8 Å². The second-order valence-corrected chi connectivity index (χ2v) is 9.18. The van der Waals surface area contributed by atoms with E-state index in [0.29, 0.717) is 55.3 Å². The Labute approximate surface area is 215 Å². The first-order chi connectivity index (χ1) is 18.0. The average molecular weight is 500 g/mol. The van der Waals surface area contributed by atoms with Gasteiger partial charge in [-0.3, -0.25) is 14.3 Å². The molecule has 3 heterocycles. The van der Waals surface area contributed by atoms with Crippen LogP contribution in [0.2, 0.25) is 0 Å². The lowest BCUT2D eigenvalue weighted by Gasteiger charge is -2.31. The molecule has 9 heteroatoms. The Morgan fingerprint density at radius 3 is 2.46 bits per heavy atom. The highest BCUT2D eigenvalue weighted by molar-refractivity contribution is 6.00. The second-order valence-electron chi connectivity index (χ2n) is 9.18. The summed E-state index contributed by atoms with van der Waals surface area (Å²) < 4.78 is 12.1. The summed E-state index contributed by atoms with van der Waals surface area (Å²) in [6, 6.07) is 19.2. The van der Waals surface area contributed by atoms with Crippen molar-refractivity contribution in [3.8, 4) is 17.0 Å². The van der Waals surface area contributed by atoms with Gasteiger partial charge < -0.3 is 19.5 Å². The van der Waals surface area contributed by atoms with Crippen LogP contribution in [-0.2, 0) is 11.3 Å². The fraction of sp³-hybridized carbons (Fsp3) is 0.286. The maximum Gasteiger partial charge on any atom is 0.257 e. The molecule has 0 unspecified atom stereocenters. The van der Waals surface area contributed by atoms with Crippen LogP contribution in [0.5, 0.6) is 5.75 Å². The molecule has 1 aliphatic heterocycles. The SMILES string of the molecule is COc1ccc(-c2nn(Cc3ccccc3)cc2C(=O)N2CCC(C(=O)Nc3cc(C)on3)CC2)cc1. The molecule has 1 N–H and O–H groups in total. The Bertz CT molecular complexity index is 1370. The van der Waals surface area contributed by atoms with Gasteiger partial charge in [0.1, 0.15) is 17.2 Å². The highest BCUT2D eigenvalue weighted by Gasteiger charge is 2.30. The number of hydrogen-bond donors (Lipinski definition) is 1. The quantitative estimate of drug-likeness (QED) is 0.405. The minimum atomic E-state index is -0.192. The van der Waals surface area contributed by atoms with E-state index >= 15 is 0 Å². The van der Waals surface area contributed by atoms with E-state index in [4.69, 9.17) is 14.4 Å². The summed E-state index contributed by atoms with van der Waals surface area (Å²) in [6.07, 6.45) is 2.97. The monoisotopic (exact) mass is 499 g/mol. The molecule has 0 saturated carbocycles. The van der Waals surface area contributed by atoms with Gasteiger partial charge in [0.25, 0.3) is 5.91 Å². The van der Waals surface area contributed by atoms with Crippen molar-refractivity contribution in [2.24, 2.45) is 5.92 Å². The van der Waals surface area contributed by atoms with E-state index in [-0.39, 0.29) is 17.7 Å². The zero-order chi connectivity index (χ0) is 25.8. The number of likely N-dealkylation sites (tertiary alicyclic amines) is 1. The molecule has 2 amide bonds. The predicted molar refractivity (Wildman–Crippen MR) is 138 cm³/mol. The van der Waals surface area contributed by atoms with Crippen LogP contribution in [0.1, 0.15) is 34.5 Å². The number of anilines is 1. The van der Waals surface area contributed by atoms with Gasteiger partial charge in [0.05, 0.1) is 19.2 Å². The molecule has 190 valence electrons. The number of piperidine rings is 1. The molecule has 4 aromatic rings.